The maximum Gasteiger partial charge on any atom is 0.225 e. The van der Waals surface area contributed by atoms with E-state index in [1.165, 1.54) is 12.8 Å². The van der Waals surface area contributed by atoms with Crippen molar-refractivity contribution in [2.24, 2.45) is 5.92 Å². The quantitative estimate of drug-likeness (QED) is 0.782. The fraction of sp³-hybridized carbons (Fsp3) is 0.867. The third kappa shape index (κ3) is 3.37. The second kappa shape index (κ2) is 6.52. The number of nitrogens with zero attached hydrogens (tertiary/aromatic N) is 6. The van der Waals surface area contributed by atoms with Crippen LogP contribution in [0.2, 0.25) is 0 Å². The Bertz CT molecular complexity index is 544. The highest BCUT2D eigenvalue weighted by Crippen LogP contribution is 2.34. The Morgan fingerprint density at radius 2 is 1.83 bits per heavy atom. The van der Waals surface area contributed by atoms with Crippen molar-refractivity contribution in [3.8, 4) is 0 Å². The summed E-state index contributed by atoms with van der Waals surface area (Å²) < 4.78 is 7.30. The van der Waals surface area contributed by atoms with Crippen LogP contribution in [0, 0.1) is 5.92 Å². The summed E-state index contributed by atoms with van der Waals surface area (Å²) in [5, 5.41) is 12.1. The van der Waals surface area contributed by atoms with Gasteiger partial charge in [0.25, 0.3) is 0 Å². The SMILES string of the molecule is O=C(C1CCN(Cc2nnnn2C2CC2)CC1)N1CCOCC1. The van der Waals surface area contributed by atoms with Gasteiger partial charge in [-0.05, 0) is 49.2 Å². The zero-order chi connectivity index (χ0) is 15.6. The van der Waals surface area contributed by atoms with E-state index < -0.39 is 0 Å². The molecule has 3 heterocycles. The lowest BCUT2D eigenvalue weighted by Crippen LogP contribution is -2.46. The van der Waals surface area contributed by atoms with Crippen molar-refractivity contribution in [3.05, 3.63) is 5.82 Å². The summed E-state index contributed by atoms with van der Waals surface area (Å²) >= 11 is 0. The van der Waals surface area contributed by atoms with Crippen molar-refractivity contribution >= 4 is 5.91 Å². The molecule has 8 nitrogen and oxygen atoms in total. The Balaban J connectivity index is 1.28. The van der Waals surface area contributed by atoms with Crippen molar-refractivity contribution in [1.82, 2.24) is 30.0 Å². The minimum absolute atomic E-state index is 0.170. The predicted molar refractivity (Wildman–Crippen MR) is 81.5 cm³/mol. The molecule has 2 aliphatic heterocycles. The van der Waals surface area contributed by atoms with Crippen LogP contribution in [0.1, 0.15) is 37.5 Å². The zero-order valence-corrected chi connectivity index (χ0v) is 13.4. The predicted octanol–water partition coefficient (Wildman–Crippen LogP) is 0.0788. The van der Waals surface area contributed by atoms with E-state index >= 15 is 0 Å². The lowest BCUT2D eigenvalue weighted by atomic mass is 9.95. The molecule has 0 N–H and O–H groups in total. The first-order valence-electron chi connectivity index (χ1n) is 8.67. The van der Waals surface area contributed by atoms with Crippen LogP contribution >= 0.6 is 0 Å². The average Bonchev–Trinajstić information content (AvgIpc) is 3.35. The maximum atomic E-state index is 12.5. The molecule has 0 atom stereocenters. The Kier molecular flexibility index (Phi) is 4.26. The van der Waals surface area contributed by atoms with Crippen LogP contribution in [0.5, 0.6) is 0 Å². The summed E-state index contributed by atoms with van der Waals surface area (Å²) in [7, 11) is 0. The van der Waals surface area contributed by atoms with Gasteiger partial charge >= 0.3 is 0 Å². The largest absolute Gasteiger partial charge is 0.378 e. The lowest BCUT2D eigenvalue weighted by Gasteiger charge is -2.35. The van der Waals surface area contributed by atoms with Crippen LogP contribution in [0.3, 0.4) is 0 Å². The van der Waals surface area contributed by atoms with Gasteiger partial charge in [-0.25, -0.2) is 4.68 Å². The minimum atomic E-state index is 0.170. The average molecular weight is 320 g/mol. The van der Waals surface area contributed by atoms with Gasteiger partial charge in [0.2, 0.25) is 5.91 Å². The molecule has 126 valence electrons. The molecule has 1 saturated carbocycles. The summed E-state index contributed by atoms with van der Waals surface area (Å²) in [5.74, 6) is 1.45. The van der Waals surface area contributed by atoms with Crippen molar-refractivity contribution in [1.29, 1.82) is 0 Å². The van der Waals surface area contributed by atoms with E-state index in [4.69, 9.17) is 4.74 Å². The van der Waals surface area contributed by atoms with Gasteiger partial charge < -0.3 is 9.64 Å². The van der Waals surface area contributed by atoms with Gasteiger partial charge in [-0.15, -0.1) is 5.10 Å². The first kappa shape index (κ1) is 15.0. The highest BCUT2D eigenvalue weighted by atomic mass is 16.5. The van der Waals surface area contributed by atoms with E-state index in [2.05, 4.69) is 20.4 Å². The van der Waals surface area contributed by atoms with Crippen LogP contribution in [0.25, 0.3) is 0 Å². The summed E-state index contributed by atoms with van der Waals surface area (Å²) in [6, 6.07) is 0.514. The van der Waals surface area contributed by atoms with Gasteiger partial charge in [-0.1, -0.05) is 0 Å². The van der Waals surface area contributed by atoms with Crippen LogP contribution in [0.4, 0.5) is 0 Å². The molecular weight excluding hydrogens is 296 g/mol. The monoisotopic (exact) mass is 320 g/mol. The fourth-order valence-corrected chi connectivity index (χ4v) is 3.50. The maximum absolute atomic E-state index is 12.5. The van der Waals surface area contributed by atoms with E-state index in [-0.39, 0.29) is 5.92 Å². The molecule has 1 aromatic rings. The van der Waals surface area contributed by atoms with Crippen LogP contribution < -0.4 is 0 Å². The number of rotatable bonds is 4. The smallest absolute Gasteiger partial charge is 0.225 e. The first-order chi connectivity index (χ1) is 11.3. The van der Waals surface area contributed by atoms with Crippen molar-refractivity contribution in [2.75, 3.05) is 39.4 Å². The van der Waals surface area contributed by atoms with E-state index in [1.807, 2.05) is 9.58 Å². The topological polar surface area (TPSA) is 76.4 Å². The number of carbonyl (C=O) groups excluding carboxylic acids is 1. The third-order valence-electron chi connectivity index (χ3n) is 5.08. The number of hydrogen-bond acceptors (Lipinski definition) is 6. The standard InChI is InChI=1S/C15H24N6O2/c22-15(20-7-9-23-10-8-20)12-3-5-19(6-4-12)11-14-16-17-18-21(14)13-1-2-13/h12-13H,1-11H2. The van der Waals surface area contributed by atoms with Gasteiger partial charge in [0.15, 0.2) is 5.82 Å². The van der Waals surface area contributed by atoms with E-state index in [1.54, 1.807) is 0 Å². The van der Waals surface area contributed by atoms with Gasteiger partial charge in [-0.2, -0.15) is 0 Å². The van der Waals surface area contributed by atoms with Gasteiger partial charge in [0.05, 0.1) is 25.8 Å². The number of morpholine rings is 1. The molecule has 0 spiro atoms. The molecule has 0 radical (unpaired) electrons. The van der Waals surface area contributed by atoms with E-state index in [0.717, 1.165) is 51.4 Å². The van der Waals surface area contributed by atoms with E-state index in [0.29, 0.717) is 25.2 Å². The highest BCUT2D eigenvalue weighted by molar-refractivity contribution is 5.79. The van der Waals surface area contributed by atoms with Crippen molar-refractivity contribution in [3.63, 3.8) is 0 Å². The van der Waals surface area contributed by atoms with Gasteiger partial charge in [-0.3, -0.25) is 9.69 Å². The minimum Gasteiger partial charge on any atom is -0.378 e. The molecule has 0 bridgehead atoms. The molecule has 0 unspecified atom stereocenters. The molecule has 3 fully saturated rings. The van der Waals surface area contributed by atoms with Gasteiger partial charge in [0.1, 0.15) is 0 Å². The number of piperidine rings is 1. The Morgan fingerprint density at radius 3 is 2.52 bits per heavy atom. The molecular formula is C15H24N6O2. The van der Waals surface area contributed by atoms with Gasteiger partial charge in [0, 0.05) is 19.0 Å². The van der Waals surface area contributed by atoms with Crippen LogP contribution in [-0.4, -0.2) is 75.3 Å². The number of hydrogen-bond donors (Lipinski definition) is 0. The summed E-state index contributed by atoms with van der Waals surface area (Å²) in [5.41, 5.74) is 0. The molecule has 3 aliphatic rings. The Labute approximate surface area is 135 Å². The molecule has 23 heavy (non-hydrogen) atoms. The number of carbonyl (C=O) groups is 1. The van der Waals surface area contributed by atoms with E-state index in [9.17, 15) is 4.79 Å². The van der Waals surface area contributed by atoms with Crippen LogP contribution in [-0.2, 0) is 16.1 Å². The molecule has 1 aliphatic carbocycles. The highest BCUT2D eigenvalue weighted by Gasteiger charge is 2.31. The summed E-state index contributed by atoms with van der Waals surface area (Å²) in [4.78, 5) is 16.9. The summed E-state index contributed by atoms with van der Waals surface area (Å²) in [6.45, 7) is 5.52. The lowest BCUT2D eigenvalue weighted by molar-refractivity contribution is -0.141. The van der Waals surface area contributed by atoms with Crippen molar-refractivity contribution in [2.45, 2.75) is 38.3 Å². The first-order valence-corrected chi connectivity index (χ1v) is 8.67. The molecule has 1 amide bonds. The second-order valence-corrected chi connectivity index (χ2v) is 6.76. The molecule has 1 aromatic heterocycles. The number of likely N-dealkylation sites (tertiary alicyclic amines) is 1. The zero-order valence-electron chi connectivity index (χ0n) is 13.4. The molecule has 8 heteroatoms. The molecule has 2 saturated heterocycles. The molecule has 4 rings (SSSR count). The Morgan fingerprint density at radius 1 is 1.09 bits per heavy atom. The molecule has 0 aromatic carbocycles. The number of aromatic nitrogens is 4. The number of ether oxygens (including phenoxy) is 1. The Hall–Kier alpha value is -1.54. The van der Waals surface area contributed by atoms with Crippen molar-refractivity contribution < 1.29 is 9.53 Å². The fourth-order valence-electron chi connectivity index (χ4n) is 3.50. The van der Waals surface area contributed by atoms with Crippen LogP contribution in [0.15, 0.2) is 0 Å². The number of amides is 1. The normalized spacial score (nSPS) is 24.1. The third-order valence-corrected chi connectivity index (χ3v) is 5.08. The number of tetrazole rings is 1. The second-order valence-electron chi connectivity index (χ2n) is 6.76. The summed E-state index contributed by atoms with van der Waals surface area (Å²) in [6.07, 6.45) is 4.24.